The number of rotatable bonds is 3. The first-order valence-corrected chi connectivity index (χ1v) is 9.11. The van der Waals surface area contributed by atoms with E-state index in [1.54, 1.807) is 13.1 Å². The van der Waals surface area contributed by atoms with Gasteiger partial charge in [-0.05, 0) is 69.7 Å². The molecule has 2 saturated heterocycles. The van der Waals surface area contributed by atoms with Crippen molar-refractivity contribution in [3.05, 3.63) is 23.9 Å². The second-order valence-electron chi connectivity index (χ2n) is 7.75. The fourth-order valence-electron chi connectivity index (χ4n) is 4.44. The van der Waals surface area contributed by atoms with Crippen LogP contribution in [0.15, 0.2) is 18.3 Å². The Balaban J connectivity index is 1.38. The summed E-state index contributed by atoms with van der Waals surface area (Å²) in [7, 11) is 0. The molecule has 0 atom stereocenters. The molecule has 0 bridgehead atoms. The number of hydrogen-bond donors (Lipinski definition) is 0. The van der Waals surface area contributed by atoms with Crippen molar-refractivity contribution < 1.29 is 4.79 Å². The Labute approximate surface area is 138 Å². The third kappa shape index (κ3) is 2.89. The molecule has 4 rings (SSSR count). The number of carbonyl (C=O) groups is 1. The summed E-state index contributed by atoms with van der Waals surface area (Å²) in [6, 6.07) is 4.82. The predicted molar refractivity (Wildman–Crippen MR) is 92.0 cm³/mol. The first kappa shape index (κ1) is 15.1. The number of anilines is 1. The van der Waals surface area contributed by atoms with Gasteiger partial charge in [0.2, 0.25) is 0 Å². The quantitative estimate of drug-likeness (QED) is 0.803. The number of likely N-dealkylation sites (tertiary alicyclic amines) is 1. The maximum atomic E-state index is 11.4. The molecule has 124 valence electrons. The molecule has 3 fully saturated rings. The van der Waals surface area contributed by atoms with E-state index >= 15 is 0 Å². The zero-order chi connectivity index (χ0) is 15.9. The Kier molecular flexibility index (Phi) is 3.88. The summed E-state index contributed by atoms with van der Waals surface area (Å²) in [5, 5.41) is 0. The van der Waals surface area contributed by atoms with Gasteiger partial charge in [0.25, 0.3) is 0 Å². The van der Waals surface area contributed by atoms with Gasteiger partial charge in [-0.2, -0.15) is 0 Å². The maximum Gasteiger partial charge on any atom is 0.161 e. The molecular weight excluding hydrogens is 286 g/mol. The number of ketones is 1. The van der Waals surface area contributed by atoms with Crippen LogP contribution >= 0.6 is 0 Å². The fraction of sp³-hybridized carbons (Fsp3) is 0.684. The molecule has 23 heavy (non-hydrogen) atoms. The van der Waals surface area contributed by atoms with Crippen LogP contribution in [0.4, 0.5) is 5.82 Å². The molecule has 4 nitrogen and oxygen atoms in total. The topological polar surface area (TPSA) is 36.4 Å². The van der Waals surface area contributed by atoms with Crippen molar-refractivity contribution in [3.63, 3.8) is 0 Å². The minimum atomic E-state index is 0.0882. The van der Waals surface area contributed by atoms with Crippen molar-refractivity contribution in [2.24, 2.45) is 5.41 Å². The van der Waals surface area contributed by atoms with E-state index in [-0.39, 0.29) is 5.78 Å². The monoisotopic (exact) mass is 313 g/mol. The summed E-state index contributed by atoms with van der Waals surface area (Å²) in [6.45, 7) is 6.41. The first-order valence-electron chi connectivity index (χ1n) is 9.11. The lowest BCUT2D eigenvalue weighted by atomic mass is 9.76. The van der Waals surface area contributed by atoms with Crippen LogP contribution in [0.5, 0.6) is 0 Å². The van der Waals surface area contributed by atoms with Crippen LogP contribution in [-0.4, -0.2) is 47.9 Å². The maximum absolute atomic E-state index is 11.4. The molecule has 1 aromatic rings. The lowest BCUT2D eigenvalue weighted by Crippen LogP contribution is -2.48. The van der Waals surface area contributed by atoms with Gasteiger partial charge in [-0.25, -0.2) is 4.98 Å². The van der Waals surface area contributed by atoms with Gasteiger partial charge in [0.15, 0.2) is 5.78 Å². The highest BCUT2D eigenvalue weighted by Gasteiger charge is 2.42. The Morgan fingerprint density at radius 2 is 1.91 bits per heavy atom. The van der Waals surface area contributed by atoms with Crippen LogP contribution in [0.25, 0.3) is 0 Å². The molecule has 2 aliphatic heterocycles. The molecule has 4 heteroatoms. The molecule has 1 aromatic heterocycles. The third-order valence-electron chi connectivity index (χ3n) is 6.37. The van der Waals surface area contributed by atoms with Gasteiger partial charge in [-0.3, -0.25) is 4.79 Å². The fourth-order valence-corrected chi connectivity index (χ4v) is 4.44. The van der Waals surface area contributed by atoms with Crippen LogP contribution in [-0.2, 0) is 0 Å². The van der Waals surface area contributed by atoms with Crippen molar-refractivity contribution >= 4 is 11.6 Å². The lowest BCUT2D eigenvalue weighted by Gasteiger charge is -2.45. The Morgan fingerprint density at radius 3 is 2.48 bits per heavy atom. The molecule has 0 radical (unpaired) electrons. The van der Waals surface area contributed by atoms with Crippen molar-refractivity contribution in [1.82, 2.24) is 9.88 Å². The number of aromatic nitrogens is 1. The van der Waals surface area contributed by atoms with E-state index in [9.17, 15) is 4.79 Å². The average molecular weight is 313 g/mol. The highest BCUT2D eigenvalue weighted by atomic mass is 16.1. The number of hydrogen-bond acceptors (Lipinski definition) is 4. The Bertz CT molecular complexity index is 571. The molecule has 3 heterocycles. The van der Waals surface area contributed by atoms with Gasteiger partial charge in [-0.1, -0.05) is 6.42 Å². The Morgan fingerprint density at radius 1 is 1.17 bits per heavy atom. The number of piperidine rings is 1. The van der Waals surface area contributed by atoms with E-state index in [0.717, 1.165) is 24.9 Å². The molecule has 0 unspecified atom stereocenters. The second kappa shape index (κ2) is 5.90. The molecule has 1 spiro atoms. The number of nitrogens with zero attached hydrogens (tertiary/aromatic N) is 3. The first-order chi connectivity index (χ1) is 11.2. The molecular formula is C19H27N3O. The highest BCUT2D eigenvalue weighted by Crippen LogP contribution is 2.43. The van der Waals surface area contributed by atoms with E-state index in [1.807, 2.05) is 12.1 Å². The molecule has 1 aliphatic carbocycles. The predicted octanol–water partition coefficient (Wildman–Crippen LogP) is 3.13. The highest BCUT2D eigenvalue weighted by molar-refractivity contribution is 5.93. The summed E-state index contributed by atoms with van der Waals surface area (Å²) in [5.74, 6) is 1.12. The summed E-state index contributed by atoms with van der Waals surface area (Å²) >= 11 is 0. The minimum Gasteiger partial charge on any atom is -0.356 e. The number of pyridine rings is 1. The average Bonchev–Trinajstić information content (AvgIpc) is 2.92. The molecule has 3 aliphatic rings. The largest absolute Gasteiger partial charge is 0.356 e. The standard InChI is InChI=1S/C19H27N3O/c1-15(23)16-5-6-18(20-13-16)22-12-9-19(14-22)7-10-21(11-8-19)17-3-2-4-17/h5-6,13,17H,2-4,7-12,14H2,1H3. The van der Waals surface area contributed by atoms with E-state index < -0.39 is 0 Å². The van der Waals surface area contributed by atoms with Gasteiger partial charge in [0.1, 0.15) is 5.82 Å². The van der Waals surface area contributed by atoms with Crippen molar-refractivity contribution in [3.8, 4) is 0 Å². The van der Waals surface area contributed by atoms with Crippen LogP contribution in [0, 0.1) is 5.41 Å². The van der Waals surface area contributed by atoms with Gasteiger partial charge >= 0.3 is 0 Å². The zero-order valence-corrected chi connectivity index (χ0v) is 14.1. The molecule has 1 saturated carbocycles. The van der Waals surface area contributed by atoms with Gasteiger partial charge in [0.05, 0.1) is 0 Å². The van der Waals surface area contributed by atoms with E-state index in [0.29, 0.717) is 11.0 Å². The second-order valence-corrected chi connectivity index (χ2v) is 7.75. The minimum absolute atomic E-state index is 0.0882. The van der Waals surface area contributed by atoms with Crippen molar-refractivity contribution in [2.75, 3.05) is 31.1 Å². The lowest BCUT2D eigenvalue weighted by molar-refractivity contribution is 0.0524. The Hall–Kier alpha value is -1.42. The normalized spacial score (nSPS) is 24.8. The number of Topliss-reactive ketones (excluding diaryl/α,β-unsaturated/α-hetero) is 1. The van der Waals surface area contributed by atoms with Gasteiger partial charge < -0.3 is 9.80 Å². The summed E-state index contributed by atoms with van der Waals surface area (Å²) in [4.78, 5) is 21.1. The van der Waals surface area contributed by atoms with E-state index in [1.165, 1.54) is 51.6 Å². The summed E-state index contributed by atoms with van der Waals surface area (Å²) in [5.41, 5.74) is 1.21. The molecule has 0 N–H and O–H groups in total. The zero-order valence-electron chi connectivity index (χ0n) is 14.1. The third-order valence-corrected chi connectivity index (χ3v) is 6.37. The van der Waals surface area contributed by atoms with E-state index in [2.05, 4.69) is 14.8 Å². The summed E-state index contributed by atoms with van der Waals surface area (Å²) in [6.07, 6.45) is 9.97. The van der Waals surface area contributed by atoms with Crippen LogP contribution < -0.4 is 4.90 Å². The van der Waals surface area contributed by atoms with Crippen LogP contribution in [0.3, 0.4) is 0 Å². The van der Waals surface area contributed by atoms with Crippen LogP contribution in [0.2, 0.25) is 0 Å². The summed E-state index contributed by atoms with van der Waals surface area (Å²) < 4.78 is 0. The smallest absolute Gasteiger partial charge is 0.161 e. The van der Waals surface area contributed by atoms with E-state index in [4.69, 9.17) is 0 Å². The SMILES string of the molecule is CC(=O)c1ccc(N2CCC3(CCN(C4CCC4)CC3)C2)nc1. The van der Waals surface area contributed by atoms with Gasteiger partial charge in [-0.15, -0.1) is 0 Å². The molecule has 0 aromatic carbocycles. The van der Waals surface area contributed by atoms with Crippen LogP contribution in [0.1, 0.15) is 55.8 Å². The number of carbonyl (C=O) groups excluding carboxylic acids is 1. The molecule has 0 amide bonds. The van der Waals surface area contributed by atoms with Crippen molar-refractivity contribution in [2.45, 2.75) is 51.5 Å². The van der Waals surface area contributed by atoms with Gasteiger partial charge in [0, 0.05) is 30.9 Å². The van der Waals surface area contributed by atoms with Crippen molar-refractivity contribution in [1.29, 1.82) is 0 Å².